The van der Waals surface area contributed by atoms with Gasteiger partial charge >= 0.3 is 11.9 Å². The number of carbonyl (C=O) groups excluding carboxylic acids is 2. The summed E-state index contributed by atoms with van der Waals surface area (Å²) in [5.41, 5.74) is 0.0225. The Morgan fingerprint density at radius 2 is 2.05 bits per heavy atom. The van der Waals surface area contributed by atoms with Gasteiger partial charge in [0.2, 0.25) is 10.0 Å². The van der Waals surface area contributed by atoms with Crippen molar-refractivity contribution < 1.29 is 22.7 Å². The lowest BCUT2D eigenvalue weighted by atomic mass is 10.2. The van der Waals surface area contributed by atoms with Crippen LogP contribution in [-0.2, 0) is 19.6 Å². The van der Waals surface area contributed by atoms with Gasteiger partial charge in [-0.2, -0.15) is 0 Å². The van der Waals surface area contributed by atoms with Crippen molar-refractivity contribution in [1.29, 1.82) is 0 Å². The highest BCUT2D eigenvalue weighted by Crippen LogP contribution is 2.16. The third-order valence-electron chi connectivity index (χ3n) is 3.39. The molecule has 22 heavy (non-hydrogen) atoms. The molecular weight excluding hydrogens is 308 g/mol. The first-order chi connectivity index (χ1) is 10.3. The zero-order valence-electron chi connectivity index (χ0n) is 12.4. The monoisotopic (exact) mass is 326 g/mol. The van der Waals surface area contributed by atoms with Crippen LogP contribution in [-0.4, -0.2) is 51.3 Å². The van der Waals surface area contributed by atoms with Crippen molar-refractivity contribution in [1.82, 2.24) is 9.62 Å². The van der Waals surface area contributed by atoms with Gasteiger partial charge in [0.25, 0.3) is 0 Å². The van der Waals surface area contributed by atoms with Gasteiger partial charge in [0.05, 0.1) is 10.5 Å². The standard InChI is InChI=1S/C14H18N2O5S/c1-16(2)22(19,20)11-6-3-5-10(9-11)13(17)21-14(18)12-7-4-8-15-12/h3,5-6,9,12,15H,4,7-8H2,1-2H3/t12-/m1/s1. The Hall–Kier alpha value is -1.77. The first kappa shape index (κ1) is 16.6. The van der Waals surface area contributed by atoms with Crippen LogP contribution >= 0.6 is 0 Å². The molecular formula is C14H18N2O5S. The Kier molecular flexibility index (Phi) is 4.94. The van der Waals surface area contributed by atoms with Crippen LogP contribution in [0.2, 0.25) is 0 Å². The summed E-state index contributed by atoms with van der Waals surface area (Å²) in [6.45, 7) is 0.713. The number of nitrogens with one attached hydrogen (secondary N) is 1. The Bertz CT molecular complexity index is 678. The summed E-state index contributed by atoms with van der Waals surface area (Å²) in [6.07, 6.45) is 1.48. The molecule has 0 saturated carbocycles. The van der Waals surface area contributed by atoms with Crippen LogP contribution in [0.25, 0.3) is 0 Å². The molecule has 1 aromatic carbocycles. The number of hydrogen-bond donors (Lipinski definition) is 1. The molecule has 1 fully saturated rings. The molecule has 1 aromatic rings. The number of benzene rings is 1. The summed E-state index contributed by atoms with van der Waals surface area (Å²) < 4.78 is 29.9. The molecule has 0 aromatic heterocycles. The van der Waals surface area contributed by atoms with Gasteiger partial charge in [-0.05, 0) is 37.6 Å². The molecule has 2 rings (SSSR count). The van der Waals surface area contributed by atoms with Crippen LogP contribution in [0.4, 0.5) is 0 Å². The fraction of sp³-hybridized carbons (Fsp3) is 0.429. The van der Waals surface area contributed by atoms with E-state index in [1.54, 1.807) is 0 Å². The highest BCUT2D eigenvalue weighted by molar-refractivity contribution is 7.89. The van der Waals surface area contributed by atoms with Crippen LogP contribution in [0.15, 0.2) is 29.2 Å². The zero-order valence-corrected chi connectivity index (χ0v) is 13.2. The number of esters is 2. The topological polar surface area (TPSA) is 92.8 Å². The van der Waals surface area contributed by atoms with E-state index in [0.717, 1.165) is 10.7 Å². The predicted molar refractivity (Wildman–Crippen MR) is 78.8 cm³/mol. The molecule has 0 unspecified atom stereocenters. The lowest BCUT2D eigenvalue weighted by Crippen LogP contribution is -2.33. The molecule has 1 aliphatic rings. The minimum Gasteiger partial charge on any atom is -0.388 e. The second-order valence-corrected chi connectivity index (χ2v) is 7.32. The van der Waals surface area contributed by atoms with Crippen molar-refractivity contribution in [2.24, 2.45) is 0 Å². The molecule has 7 nitrogen and oxygen atoms in total. The van der Waals surface area contributed by atoms with Crippen molar-refractivity contribution in [2.45, 2.75) is 23.8 Å². The maximum absolute atomic E-state index is 12.0. The normalized spacial score (nSPS) is 18.4. The average molecular weight is 326 g/mol. The van der Waals surface area contributed by atoms with Gasteiger partial charge in [-0.3, -0.25) is 0 Å². The molecule has 1 saturated heterocycles. The Morgan fingerprint density at radius 3 is 2.64 bits per heavy atom. The van der Waals surface area contributed by atoms with Gasteiger partial charge in [-0.25, -0.2) is 22.3 Å². The molecule has 8 heteroatoms. The van der Waals surface area contributed by atoms with Crippen molar-refractivity contribution in [3.8, 4) is 0 Å². The van der Waals surface area contributed by atoms with Crippen LogP contribution in [0, 0.1) is 0 Å². The van der Waals surface area contributed by atoms with E-state index in [-0.39, 0.29) is 10.5 Å². The maximum atomic E-state index is 12.0. The molecule has 0 amide bonds. The lowest BCUT2D eigenvalue weighted by Gasteiger charge is -2.12. The van der Waals surface area contributed by atoms with E-state index in [2.05, 4.69) is 5.32 Å². The number of rotatable bonds is 4. The first-order valence-corrected chi connectivity index (χ1v) is 8.28. The molecule has 120 valence electrons. The van der Waals surface area contributed by atoms with Gasteiger partial charge in [0.1, 0.15) is 6.04 Å². The summed E-state index contributed by atoms with van der Waals surface area (Å²) >= 11 is 0. The summed E-state index contributed by atoms with van der Waals surface area (Å²) in [5, 5.41) is 2.93. The molecule has 0 radical (unpaired) electrons. The highest BCUT2D eigenvalue weighted by Gasteiger charge is 2.26. The van der Waals surface area contributed by atoms with Crippen molar-refractivity contribution in [3.63, 3.8) is 0 Å². The first-order valence-electron chi connectivity index (χ1n) is 6.84. The van der Waals surface area contributed by atoms with Crippen LogP contribution < -0.4 is 5.32 Å². The van der Waals surface area contributed by atoms with E-state index in [1.165, 1.54) is 38.4 Å². The Morgan fingerprint density at radius 1 is 1.32 bits per heavy atom. The van der Waals surface area contributed by atoms with Gasteiger partial charge < -0.3 is 10.1 Å². The molecule has 1 N–H and O–H groups in total. The number of nitrogens with zero attached hydrogens (tertiary/aromatic N) is 1. The van der Waals surface area contributed by atoms with Crippen molar-refractivity contribution >= 4 is 22.0 Å². The quantitative estimate of drug-likeness (QED) is 0.635. The summed E-state index contributed by atoms with van der Waals surface area (Å²) in [4.78, 5) is 23.7. The minimum absolute atomic E-state index is 0.0225. The predicted octanol–water partition coefficient (Wildman–Crippen LogP) is 0.372. The van der Waals surface area contributed by atoms with E-state index in [9.17, 15) is 18.0 Å². The van der Waals surface area contributed by atoms with Crippen LogP contribution in [0.5, 0.6) is 0 Å². The van der Waals surface area contributed by atoms with E-state index >= 15 is 0 Å². The van der Waals surface area contributed by atoms with Crippen molar-refractivity contribution in [3.05, 3.63) is 29.8 Å². The third kappa shape index (κ3) is 3.52. The molecule has 1 atom stereocenters. The minimum atomic E-state index is -3.65. The SMILES string of the molecule is CN(C)S(=O)(=O)c1cccc(C(=O)OC(=O)[C@H]2CCCN2)c1. The van der Waals surface area contributed by atoms with E-state index < -0.39 is 28.0 Å². The second kappa shape index (κ2) is 6.55. The molecule has 1 aliphatic heterocycles. The van der Waals surface area contributed by atoms with Crippen LogP contribution in [0.3, 0.4) is 0 Å². The Labute approximate surface area is 129 Å². The fourth-order valence-electron chi connectivity index (χ4n) is 2.10. The Balaban J connectivity index is 2.15. The second-order valence-electron chi connectivity index (χ2n) is 5.17. The molecule has 0 spiro atoms. The van der Waals surface area contributed by atoms with E-state index in [4.69, 9.17) is 4.74 Å². The smallest absolute Gasteiger partial charge is 0.345 e. The number of carbonyl (C=O) groups is 2. The van der Waals surface area contributed by atoms with Crippen LogP contribution in [0.1, 0.15) is 23.2 Å². The van der Waals surface area contributed by atoms with E-state index in [0.29, 0.717) is 13.0 Å². The lowest BCUT2D eigenvalue weighted by molar-refractivity contribution is -0.139. The summed E-state index contributed by atoms with van der Waals surface area (Å²) in [5.74, 6) is -1.49. The van der Waals surface area contributed by atoms with Gasteiger partial charge in [0.15, 0.2) is 0 Å². The summed E-state index contributed by atoms with van der Waals surface area (Å²) in [7, 11) is -0.852. The van der Waals surface area contributed by atoms with Gasteiger partial charge in [-0.1, -0.05) is 6.07 Å². The molecule has 0 aliphatic carbocycles. The highest BCUT2D eigenvalue weighted by atomic mass is 32.2. The number of sulfonamides is 1. The summed E-state index contributed by atoms with van der Waals surface area (Å²) in [6, 6.07) is 4.95. The van der Waals surface area contributed by atoms with E-state index in [1.807, 2.05) is 0 Å². The largest absolute Gasteiger partial charge is 0.388 e. The zero-order chi connectivity index (χ0) is 16.3. The molecule has 1 heterocycles. The third-order valence-corrected chi connectivity index (χ3v) is 5.20. The maximum Gasteiger partial charge on any atom is 0.345 e. The van der Waals surface area contributed by atoms with Gasteiger partial charge in [-0.15, -0.1) is 0 Å². The fourth-order valence-corrected chi connectivity index (χ4v) is 3.05. The average Bonchev–Trinajstić information content (AvgIpc) is 3.01. The number of hydrogen-bond acceptors (Lipinski definition) is 6. The molecule has 0 bridgehead atoms. The van der Waals surface area contributed by atoms with Crippen molar-refractivity contribution in [2.75, 3.05) is 20.6 Å². The number of ether oxygens (including phenoxy) is 1. The van der Waals surface area contributed by atoms with Gasteiger partial charge in [0, 0.05) is 14.1 Å².